The van der Waals surface area contributed by atoms with Crippen molar-refractivity contribution >= 4 is 5.97 Å². The van der Waals surface area contributed by atoms with Crippen LogP contribution >= 0.6 is 0 Å². The number of hydrogen-bond donors (Lipinski definition) is 1. The summed E-state index contributed by atoms with van der Waals surface area (Å²) in [6.07, 6.45) is 0. The summed E-state index contributed by atoms with van der Waals surface area (Å²) in [5.74, 6) is -0.211. The molecule has 0 unspecified atom stereocenters. The molecular weight excluding hydrogens is 208 g/mol. The summed E-state index contributed by atoms with van der Waals surface area (Å²) in [6, 6.07) is 10.3. The normalized spacial score (nSPS) is 7.06. The molecule has 1 rings (SSSR count). The first-order chi connectivity index (χ1) is 7.16. The lowest BCUT2D eigenvalue weighted by atomic mass is 10.2. The Morgan fingerprint density at radius 3 is 1.81 bits per heavy atom. The molecule has 1 aromatic carbocycles. The molecule has 0 spiro atoms. The van der Waals surface area contributed by atoms with Gasteiger partial charge in [0.15, 0.2) is 0 Å². The maximum Gasteiger partial charge on any atom is 0.302 e. The zero-order valence-corrected chi connectivity index (χ0v) is 10.4. The summed E-state index contributed by atoms with van der Waals surface area (Å²) in [5.41, 5.74) is 1.32. The summed E-state index contributed by atoms with van der Waals surface area (Å²) < 4.78 is 4.40. The van der Waals surface area contributed by atoms with Crippen molar-refractivity contribution in [2.75, 3.05) is 13.7 Å². The third-order valence-corrected chi connectivity index (χ3v) is 1.29. The number of aryl methyl sites for hydroxylation is 1. The molecule has 4 heteroatoms. The Morgan fingerprint density at radius 2 is 1.69 bits per heavy atom. The SMILES string of the molecule is CCOC(C)=O.CO.Cc1ccccc1.O. The molecule has 1 aromatic rings. The fourth-order valence-electron chi connectivity index (χ4n) is 0.738. The van der Waals surface area contributed by atoms with Gasteiger partial charge in [0.1, 0.15) is 0 Å². The first kappa shape index (κ1) is 20.1. The number of benzene rings is 1. The quantitative estimate of drug-likeness (QED) is 0.740. The standard InChI is InChI=1S/C7H8.C4H8O2.CH4O.H2O/c1-7-5-3-2-4-6-7;1-3-6-4(2)5;1-2;/h2-6H,1H3;3H2,1-2H3;2H,1H3;1H2. The number of aliphatic hydroxyl groups is 1. The van der Waals surface area contributed by atoms with Gasteiger partial charge < -0.3 is 15.3 Å². The van der Waals surface area contributed by atoms with Crippen molar-refractivity contribution in [2.45, 2.75) is 20.8 Å². The van der Waals surface area contributed by atoms with Crippen molar-refractivity contribution in [1.82, 2.24) is 0 Å². The van der Waals surface area contributed by atoms with Crippen molar-refractivity contribution in [3.8, 4) is 0 Å². The van der Waals surface area contributed by atoms with Gasteiger partial charge >= 0.3 is 5.97 Å². The van der Waals surface area contributed by atoms with E-state index < -0.39 is 0 Å². The minimum Gasteiger partial charge on any atom is -0.466 e. The molecule has 0 aliphatic heterocycles. The van der Waals surface area contributed by atoms with E-state index in [-0.39, 0.29) is 11.4 Å². The van der Waals surface area contributed by atoms with Crippen LogP contribution in [0.5, 0.6) is 0 Å². The smallest absolute Gasteiger partial charge is 0.302 e. The Morgan fingerprint density at radius 1 is 1.25 bits per heavy atom. The van der Waals surface area contributed by atoms with Gasteiger partial charge in [-0.25, -0.2) is 0 Å². The van der Waals surface area contributed by atoms with Gasteiger partial charge in [-0.3, -0.25) is 4.79 Å². The highest BCUT2D eigenvalue weighted by atomic mass is 16.5. The van der Waals surface area contributed by atoms with Crippen molar-refractivity contribution in [1.29, 1.82) is 0 Å². The first-order valence-electron chi connectivity index (χ1n) is 4.76. The Kier molecular flexibility index (Phi) is 20.1. The Labute approximate surface area is 97.2 Å². The minimum absolute atomic E-state index is 0. The monoisotopic (exact) mass is 230 g/mol. The third kappa shape index (κ3) is 18.4. The molecule has 0 aromatic heterocycles. The van der Waals surface area contributed by atoms with Crippen LogP contribution < -0.4 is 0 Å². The second-order valence-corrected chi connectivity index (χ2v) is 2.58. The molecule has 0 saturated heterocycles. The average molecular weight is 230 g/mol. The van der Waals surface area contributed by atoms with Crippen LogP contribution in [0.4, 0.5) is 0 Å². The summed E-state index contributed by atoms with van der Waals surface area (Å²) in [5, 5.41) is 7.00. The van der Waals surface area contributed by atoms with E-state index in [1.165, 1.54) is 12.5 Å². The van der Waals surface area contributed by atoms with Gasteiger partial charge in [-0.2, -0.15) is 0 Å². The van der Waals surface area contributed by atoms with Crippen LogP contribution in [0.2, 0.25) is 0 Å². The summed E-state index contributed by atoms with van der Waals surface area (Å²) >= 11 is 0. The van der Waals surface area contributed by atoms with E-state index >= 15 is 0 Å². The highest BCUT2D eigenvalue weighted by Gasteiger charge is 1.81. The number of hydrogen-bond acceptors (Lipinski definition) is 3. The number of esters is 1. The molecule has 0 saturated carbocycles. The number of carbonyl (C=O) groups excluding carboxylic acids is 1. The second-order valence-electron chi connectivity index (χ2n) is 2.58. The van der Waals surface area contributed by atoms with E-state index in [1.807, 2.05) is 18.2 Å². The number of carbonyl (C=O) groups is 1. The summed E-state index contributed by atoms with van der Waals surface area (Å²) in [6.45, 7) is 5.74. The maximum absolute atomic E-state index is 9.82. The van der Waals surface area contributed by atoms with Gasteiger partial charge in [0.2, 0.25) is 0 Å². The maximum atomic E-state index is 9.82. The first-order valence-corrected chi connectivity index (χ1v) is 4.76. The predicted molar refractivity (Wildman–Crippen MR) is 65.2 cm³/mol. The van der Waals surface area contributed by atoms with Crippen LogP contribution in [0.15, 0.2) is 30.3 Å². The molecule has 0 bridgehead atoms. The average Bonchev–Trinajstić information content (AvgIpc) is 2.22. The fraction of sp³-hybridized carbons (Fsp3) is 0.417. The van der Waals surface area contributed by atoms with Gasteiger partial charge in [0, 0.05) is 14.0 Å². The highest BCUT2D eigenvalue weighted by molar-refractivity contribution is 5.65. The lowest BCUT2D eigenvalue weighted by Gasteiger charge is -1.89. The fourth-order valence-corrected chi connectivity index (χ4v) is 0.738. The van der Waals surface area contributed by atoms with Crippen LogP contribution in [0.1, 0.15) is 19.4 Å². The molecule has 0 fully saturated rings. The molecule has 0 aliphatic carbocycles. The molecule has 0 atom stereocenters. The van der Waals surface area contributed by atoms with Gasteiger partial charge in [-0.05, 0) is 13.8 Å². The largest absolute Gasteiger partial charge is 0.466 e. The Hall–Kier alpha value is -1.39. The van der Waals surface area contributed by atoms with Gasteiger partial charge in [0.05, 0.1) is 6.61 Å². The highest BCUT2D eigenvalue weighted by Crippen LogP contribution is 1.92. The topological polar surface area (TPSA) is 78.0 Å². The van der Waals surface area contributed by atoms with E-state index in [2.05, 4.69) is 23.8 Å². The number of ether oxygens (including phenoxy) is 1. The van der Waals surface area contributed by atoms with Crippen LogP contribution in [0.3, 0.4) is 0 Å². The molecule has 4 nitrogen and oxygen atoms in total. The predicted octanol–water partition coefficient (Wildman–Crippen LogP) is 1.35. The van der Waals surface area contributed by atoms with Crippen LogP contribution in [0.25, 0.3) is 0 Å². The Balaban J connectivity index is -0.000000175. The molecule has 0 heterocycles. The zero-order chi connectivity index (χ0) is 12.1. The minimum atomic E-state index is -0.211. The van der Waals surface area contributed by atoms with Gasteiger partial charge in [0.25, 0.3) is 0 Å². The molecule has 0 radical (unpaired) electrons. The van der Waals surface area contributed by atoms with Crippen LogP contribution in [-0.2, 0) is 9.53 Å². The summed E-state index contributed by atoms with van der Waals surface area (Å²) in [4.78, 5) is 9.82. The van der Waals surface area contributed by atoms with Gasteiger partial charge in [-0.15, -0.1) is 0 Å². The number of rotatable bonds is 1. The van der Waals surface area contributed by atoms with Crippen molar-refractivity contribution < 1.29 is 20.1 Å². The summed E-state index contributed by atoms with van der Waals surface area (Å²) in [7, 11) is 1.00. The van der Waals surface area contributed by atoms with E-state index in [0.29, 0.717) is 6.61 Å². The number of aliphatic hydroxyl groups excluding tert-OH is 1. The third-order valence-electron chi connectivity index (χ3n) is 1.29. The molecule has 0 amide bonds. The van der Waals surface area contributed by atoms with Crippen molar-refractivity contribution in [3.05, 3.63) is 35.9 Å². The molecule has 94 valence electrons. The van der Waals surface area contributed by atoms with Gasteiger partial charge in [-0.1, -0.05) is 35.9 Å². The van der Waals surface area contributed by atoms with E-state index in [0.717, 1.165) is 7.11 Å². The second kappa shape index (κ2) is 16.1. The lowest BCUT2D eigenvalue weighted by molar-refractivity contribution is -0.140. The zero-order valence-electron chi connectivity index (χ0n) is 10.4. The molecule has 16 heavy (non-hydrogen) atoms. The molecular formula is C12H22O4. The lowest BCUT2D eigenvalue weighted by Crippen LogP contribution is -1.95. The van der Waals surface area contributed by atoms with E-state index in [9.17, 15) is 4.79 Å². The Bertz CT molecular complexity index is 234. The van der Waals surface area contributed by atoms with Crippen molar-refractivity contribution in [2.24, 2.45) is 0 Å². The van der Waals surface area contributed by atoms with E-state index in [1.54, 1.807) is 6.92 Å². The van der Waals surface area contributed by atoms with E-state index in [4.69, 9.17) is 5.11 Å². The van der Waals surface area contributed by atoms with Crippen LogP contribution in [0, 0.1) is 6.92 Å². The molecule has 3 N–H and O–H groups in total. The van der Waals surface area contributed by atoms with Crippen LogP contribution in [-0.4, -0.2) is 30.3 Å². The van der Waals surface area contributed by atoms with Crippen molar-refractivity contribution in [3.63, 3.8) is 0 Å². The molecule has 0 aliphatic rings.